The van der Waals surface area contributed by atoms with Gasteiger partial charge in [0.05, 0.1) is 25.6 Å². The van der Waals surface area contributed by atoms with Gasteiger partial charge >= 0.3 is 0 Å². The molecular weight excluding hydrogens is 204 g/mol. The van der Waals surface area contributed by atoms with E-state index in [1.807, 2.05) is 20.1 Å². The van der Waals surface area contributed by atoms with E-state index in [9.17, 15) is 0 Å². The lowest BCUT2D eigenvalue weighted by Crippen LogP contribution is -2.26. The molecule has 0 N–H and O–H groups in total. The number of hydrogen-bond acceptors (Lipinski definition) is 3. The van der Waals surface area contributed by atoms with Crippen LogP contribution < -0.4 is 0 Å². The predicted molar refractivity (Wildman–Crippen MR) is 59.7 cm³/mol. The minimum atomic E-state index is -0.402. The Morgan fingerprint density at radius 1 is 1.38 bits per heavy atom. The highest BCUT2D eigenvalue weighted by Crippen LogP contribution is 2.53. The van der Waals surface area contributed by atoms with Crippen molar-refractivity contribution in [3.63, 3.8) is 0 Å². The molecule has 3 rings (SSSR count). The Kier molecular flexibility index (Phi) is 2.30. The number of fused-ring (bicyclic) bond motifs is 3. The maximum Gasteiger partial charge on any atom is 0.163 e. The van der Waals surface area contributed by atoms with Gasteiger partial charge in [0.2, 0.25) is 0 Å². The molecule has 3 heteroatoms. The summed E-state index contributed by atoms with van der Waals surface area (Å²) in [5.74, 6) is 0.875. The zero-order chi connectivity index (χ0) is 11.3. The largest absolute Gasteiger partial charge is 0.504 e. The van der Waals surface area contributed by atoms with Gasteiger partial charge in [-0.25, -0.2) is 0 Å². The van der Waals surface area contributed by atoms with Gasteiger partial charge in [0.15, 0.2) is 5.79 Å². The Morgan fingerprint density at radius 3 is 2.94 bits per heavy atom. The van der Waals surface area contributed by atoms with Crippen LogP contribution in [0.4, 0.5) is 0 Å². The first-order valence-electron chi connectivity index (χ1n) is 6.18. The summed E-state index contributed by atoms with van der Waals surface area (Å²) in [6, 6.07) is 0. The molecule has 0 unspecified atom stereocenters. The fourth-order valence-electron chi connectivity index (χ4n) is 3.68. The quantitative estimate of drug-likeness (QED) is 0.640. The predicted octanol–water partition coefficient (Wildman–Crippen LogP) is 2.47. The summed E-state index contributed by atoms with van der Waals surface area (Å²) in [7, 11) is 1.72. The van der Waals surface area contributed by atoms with Crippen molar-refractivity contribution >= 4 is 0 Å². The average molecular weight is 224 g/mol. The van der Waals surface area contributed by atoms with Gasteiger partial charge in [-0.3, -0.25) is 0 Å². The van der Waals surface area contributed by atoms with E-state index >= 15 is 0 Å². The molecule has 3 nitrogen and oxygen atoms in total. The lowest BCUT2D eigenvalue weighted by atomic mass is 9.96. The van der Waals surface area contributed by atoms with Crippen LogP contribution in [-0.2, 0) is 14.2 Å². The Hall–Kier alpha value is -0.540. The van der Waals surface area contributed by atoms with Crippen molar-refractivity contribution < 1.29 is 14.2 Å². The van der Waals surface area contributed by atoms with Gasteiger partial charge in [0.25, 0.3) is 0 Å². The minimum Gasteiger partial charge on any atom is -0.504 e. The van der Waals surface area contributed by atoms with Gasteiger partial charge in [-0.05, 0) is 44.6 Å². The van der Waals surface area contributed by atoms with Crippen LogP contribution in [-0.4, -0.2) is 25.1 Å². The van der Waals surface area contributed by atoms with Gasteiger partial charge < -0.3 is 14.2 Å². The van der Waals surface area contributed by atoms with Crippen molar-refractivity contribution in [3.8, 4) is 0 Å². The van der Waals surface area contributed by atoms with E-state index in [4.69, 9.17) is 14.2 Å². The second kappa shape index (κ2) is 3.47. The number of ether oxygens (including phenoxy) is 3. The molecule has 0 bridgehead atoms. The lowest BCUT2D eigenvalue weighted by molar-refractivity contribution is -0.157. The summed E-state index contributed by atoms with van der Waals surface area (Å²) < 4.78 is 17.2. The smallest absolute Gasteiger partial charge is 0.163 e. The van der Waals surface area contributed by atoms with E-state index in [0.717, 1.165) is 18.8 Å². The van der Waals surface area contributed by atoms with Crippen molar-refractivity contribution in [2.45, 2.75) is 51.1 Å². The highest BCUT2D eigenvalue weighted by Gasteiger charge is 2.55. The Bertz CT molecular complexity index is 321. The third-order valence-electron chi connectivity index (χ3n) is 4.12. The van der Waals surface area contributed by atoms with Crippen LogP contribution >= 0.6 is 0 Å². The van der Waals surface area contributed by atoms with Crippen molar-refractivity contribution in [2.75, 3.05) is 7.11 Å². The standard InChI is InChI=1S/C13H20O3/c1-13(2)15-10-6-8-4-5-9(7-14-3)11(8)12(10)16-13/h7-8,10-12H,4-6H2,1-3H3/b9-7+/t8-,10-,11+,12-/m1/s1. The van der Waals surface area contributed by atoms with Gasteiger partial charge in [-0.15, -0.1) is 0 Å². The molecule has 0 aromatic rings. The van der Waals surface area contributed by atoms with Gasteiger partial charge in [-0.1, -0.05) is 0 Å². The molecule has 2 aliphatic carbocycles. The SMILES string of the molecule is CO/C=C1\CC[C@@H]2C[C@H]3OC(C)(C)O[C@H]3[C@H]12. The Labute approximate surface area is 96.8 Å². The van der Waals surface area contributed by atoms with Crippen LogP contribution in [0, 0.1) is 11.8 Å². The van der Waals surface area contributed by atoms with Gasteiger partial charge in [0.1, 0.15) is 0 Å². The van der Waals surface area contributed by atoms with Crippen LogP contribution in [0.1, 0.15) is 33.1 Å². The summed E-state index contributed by atoms with van der Waals surface area (Å²) in [6.07, 6.45) is 6.05. The highest BCUT2D eigenvalue weighted by atomic mass is 16.8. The van der Waals surface area contributed by atoms with E-state index < -0.39 is 5.79 Å². The minimum absolute atomic E-state index is 0.254. The van der Waals surface area contributed by atoms with Crippen molar-refractivity contribution in [1.82, 2.24) is 0 Å². The summed E-state index contributed by atoms with van der Waals surface area (Å²) in [4.78, 5) is 0. The normalized spacial score (nSPS) is 47.1. The number of methoxy groups -OCH3 is 1. The molecule has 0 aromatic heterocycles. The molecule has 1 aliphatic heterocycles. The summed E-state index contributed by atoms with van der Waals surface area (Å²) >= 11 is 0. The van der Waals surface area contributed by atoms with E-state index in [1.165, 1.54) is 12.0 Å². The summed E-state index contributed by atoms with van der Waals surface area (Å²) in [5.41, 5.74) is 1.42. The molecule has 1 saturated heterocycles. The van der Waals surface area contributed by atoms with Crippen LogP contribution in [0.3, 0.4) is 0 Å². The molecule has 16 heavy (non-hydrogen) atoms. The van der Waals surface area contributed by atoms with Crippen molar-refractivity contribution in [1.29, 1.82) is 0 Å². The van der Waals surface area contributed by atoms with Gasteiger partial charge in [0, 0.05) is 5.92 Å². The Balaban J connectivity index is 1.84. The maximum atomic E-state index is 6.04. The highest BCUT2D eigenvalue weighted by molar-refractivity contribution is 5.19. The van der Waals surface area contributed by atoms with Crippen LogP contribution in [0.15, 0.2) is 11.8 Å². The Morgan fingerprint density at radius 2 is 2.19 bits per heavy atom. The zero-order valence-corrected chi connectivity index (χ0v) is 10.2. The van der Waals surface area contributed by atoms with Crippen molar-refractivity contribution in [2.24, 2.45) is 11.8 Å². The van der Waals surface area contributed by atoms with E-state index in [-0.39, 0.29) is 6.10 Å². The summed E-state index contributed by atoms with van der Waals surface area (Å²) in [6.45, 7) is 4.02. The molecule has 1 heterocycles. The summed E-state index contributed by atoms with van der Waals surface area (Å²) in [5, 5.41) is 0. The van der Waals surface area contributed by atoms with E-state index in [1.54, 1.807) is 7.11 Å². The molecule has 0 aromatic carbocycles. The number of hydrogen-bond donors (Lipinski definition) is 0. The fourth-order valence-corrected chi connectivity index (χ4v) is 3.68. The molecule has 0 radical (unpaired) electrons. The molecule has 0 amide bonds. The van der Waals surface area contributed by atoms with Crippen LogP contribution in [0.2, 0.25) is 0 Å². The lowest BCUT2D eigenvalue weighted by Gasteiger charge is -2.22. The zero-order valence-electron chi connectivity index (χ0n) is 10.2. The third kappa shape index (κ3) is 1.49. The third-order valence-corrected chi connectivity index (χ3v) is 4.12. The first kappa shape index (κ1) is 10.6. The molecule has 3 fully saturated rings. The average Bonchev–Trinajstić information content (AvgIpc) is 2.76. The monoisotopic (exact) mass is 224 g/mol. The van der Waals surface area contributed by atoms with Crippen molar-refractivity contribution in [3.05, 3.63) is 11.8 Å². The second-order valence-corrected chi connectivity index (χ2v) is 5.63. The second-order valence-electron chi connectivity index (χ2n) is 5.63. The molecular formula is C13H20O3. The van der Waals surface area contributed by atoms with E-state index in [2.05, 4.69) is 0 Å². The van der Waals surface area contributed by atoms with E-state index in [0.29, 0.717) is 12.0 Å². The first-order valence-corrected chi connectivity index (χ1v) is 6.18. The number of rotatable bonds is 1. The first-order chi connectivity index (χ1) is 7.61. The topological polar surface area (TPSA) is 27.7 Å². The molecule has 2 saturated carbocycles. The van der Waals surface area contributed by atoms with Crippen LogP contribution in [0.25, 0.3) is 0 Å². The van der Waals surface area contributed by atoms with Crippen LogP contribution in [0.5, 0.6) is 0 Å². The molecule has 90 valence electrons. The fraction of sp³-hybridized carbons (Fsp3) is 0.846. The van der Waals surface area contributed by atoms with Gasteiger partial charge in [-0.2, -0.15) is 0 Å². The molecule has 3 aliphatic rings. The molecule has 0 spiro atoms. The molecule has 4 atom stereocenters. The maximum absolute atomic E-state index is 6.04.